The van der Waals surface area contributed by atoms with Crippen molar-refractivity contribution in [1.82, 2.24) is 10.2 Å². The number of guanidine groups is 1. The highest BCUT2D eigenvalue weighted by molar-refractivity contribution is 6.31. The normalized spacial score (nSPS) is 18.0. The molecule has 5 nitrogen and oxygen atoms in total. The molecule has 1 aliphatic heterocycles. The van der Waals surface area contributed by atoms with Gasteiger partial charge in [-0.3, -0.25) is 4.99 Å². The summed E-state index contributed by atoms with van der Waals surface area (Å²) in [5.41, 5.74) is 1.09. The summed E-state index contributed by atoms with van der Waals surface area (Å²) in [6.07, 6.45) is 2.51. The molecule has 1 heterocycles. The number of nitrogens with zero attached hydrogens (tertiary/aromatic N) is 2. The average Bonchev–Trinajstić information content (AvgIpc) is 3.09. The number of ether oxygens (including phenoxy) is 2. The molecule has 0 aliphatic carbocycles. The fourth-order valence-corrected chi connectivity index (χ4v) is 2.83. The predicted octanol–water partition coefficient (Wildman–Crippen LogP) is 2.93. The van der Waals surface area contributed by atoms with Crippen molar-refractivity contribution in [2.45, 2.75) is 32.4 Å². The van der Waals surface area contributed by atoms with Gasteiger partial charge < -0.3 is 19.7 Å². The predicted molar refractivity (Wildman–Crippen MR) is 98.7 cm³/mol. The molecule has 0 amide bonds. The summed E-state index contributed by atoms with van der Waals surface area (Å²) in [4.78, 5) is 6.70. The molecule has 1 aliphatic rings. The van der Waals surface area contributed by atoms with E-state index >= 15 is 0 Å². The van der Waals surface area contributed by atoms with Crippen molar-refractivity contribution in [3.05, 3.63) is 34.9 Å². The van der Waals surface area contributed by atoms with Crippen molar-refractivity contribution in [2.24, 2.45) is 4.99 Å². The Morgan fingerprint density at radius 1 is 1.46 bits per heavy atom. The second-order valence-electron chi connectivity index (χ2n) is 5.89. The van der Waals surface area contributed by atoms with Crippen LogP contribution in [0.3, 0.4) is 0 Å². The molecule has 1 atom stereocenters. The van der Waals surface area contributed by atoms with Crippen LogP contribution in [-0.4, -0.2) is 56.9 Å². The van der Waals surface area contributed by atoms with Gasteiger partial charge in [0, 0.05) is 31.8 Å². The molecule has 0 radical (unpaired) electrons. The highest BCUT2D eigenvalue weighted by Crippen LogP contribution is 2.16. The number of benzene rings is 1. The van der Waals surface area contributed by atoms with E-state index in [0.29, 0.717) is 26.3 Å². The zero-order chi connectivity index (χ0) is 17.2. The van der Waals surface area contributed by atoms with Gasteiger partial charge in [0.25, 0.3) is 0 Å². The Balaban J connectivity index is 1.79. The summed E-state index contributed by atoms with van der Waals surface area (Å²) >= 11 is 6.24. The van der Waals surface area contributed by atoms with Gasteiger partial charge in [0.1, 0.15) is 0 Å². The standard InChI is InChI=1S/C18H28ClN3O2/c1-3-20-18(21-10-12-23-14-16-8-6-11-24-16)22(2)13-15-7-4-5-9-17(15)19/h4-5,7,9,16H,3,6,8,10-14H2,1-2H3,(H,20,21). The first-order valence-electron chi connectivity index (χ1n) is 8.63. The smallest absolute Gasteiger partial charge is 0.194 e. The number of hydrogen-bond donors (Lipinski definition) is 1. The highest BCUT2D eigenvalue weighted by atomic mass is 35.5. The monoisotopic (exact) mass is 353 g/mol. The molecule has 1 N–H and O–H groups in total. The first-order valence-corrected chi connectivity index (χ1v) is 9.00. The molecular weight excluding hydrogens is 326 g/mol. The summed E-state index contributed by atoms with van der Waals surface area (Å²) in [6.45, 7) is 6.36. The van der Waals surface area contributed by atoms with E-state index in [1.807, 2.05) is 31.3 Å². The molecule has 1 saturated heterocycles. The van der Waals surface area contributed by atoms with Crippen molar-refractivity contribution in [3.8, 4) is 0 Å². The number of rotatable bonds is 8. The van der Waals surface area contributed by atoms with Crippen LogP contribution in [0.5, 0.6) is 0 Å². The SMILES string of the molecule is CCNC(=NCCOCC1CCCO1)N(C)Cc1ccccc1Cl. The lowest BCUT2D eigenvalue weighted by atomic mass is 10.2. The van der Waals surface area contributed by atoms with Gasteiger partial charge in [-0.1, -0.05) is 29.8 Å². The summed E-state index contributed by atoms with van der Waals surface area (Å²) in [5, 5.41) is 4.08. The Labute approximate surface area is 150 Å². The van der Waals surface area contributed by atoms with Crippen molar-refractivity contribution < 1.29 is 9.47 Å². The van der Waals surface area contributed by atoms with E-state index in [1.165, 1.54) is 0 Å². The van der Waals surface area contributed by atoms with Crippen molar-refractivity contribution in [3.63, 3.8) is 0 Å². The second kappa shape index (κ2) is 10.5. The molecule has 134 valence electrons. The molecule has 1 unspecified atom stereocenters. The van der Waals surface area contributed by atoms with Gasteiger partial charge in [0.05, 0.1) is 25.9 Å². The number of nitrogens with one attached hydrogen (secondary N) is 1. The van der Waals surface area contributed by atoms with Crippen LogP contribution in [0.1, 0.15) is 25.3 Å². The van der Waals surface area contributed by atoms with E-state index in [0.717, 1.165) is 42.5 Å². The van der Waals surface area contributed by atoms with Gasteiger partial charge in [0.15, 0.2) is 5.96 Å². The molecule has 0 bridgehead atoms. The highest BCUT2D eigenvalue weighted by Gasteiger charge is 2.15. The van der Waals surface area contributed by atoms with Gasteiger partial charge in [-0.25, -0.2) is 0 Å². The van der Waals surface area contributed by atoms with E-state index in [-0.39, 0.29) is 6.10 Å². The summed E-state index contributed by atoms with van der Waals surface area (Å²) < 4.78 is 11.2. The maximum absolute atomic E-state index is 6.24. The molecule has 0 saturated carbocycles. The minimum Gasteiger partial charge on any atom is -0.377 e. The lowest BCUT2D eigenvalue weighted by Crippen LogP contribution is -2.38. The van der Waals surface area contributed by atoms with Crippen LogP contribution >= 0.6 is 11.6 Å². The summed E-state index contributed by atoms with van der Waals surface area (Å²) in [5.74, 6) is 0.859. The first kappa shape index (κ1) is 19.0. The molecular formula is C18H28ClN3O2. The third-order valence-electron chi connectivity index (χ3n) is 3.89. The number of hydrogen-bond acceptors (Lipinski definition) is 3. The topological polar surface area (TPSA) is 46.1 Å². The Morgan fingerprint density at radius 3 is 3.00 bits per heavy atom. The van der Waals surface area contributed by atoms with E-state index in [2.05, 4.69) is 22.1 Å². The van der Waals surface area contributed by atoms with E-state index in [4.69, 9.17) is 21.1 Å². The molecule has 24 heavy (non-hydrogen) atoms. The van der Waals surface area contributed by atoms with Crippen molar-refractivity contribution in [2.75, 3.05) is 40.0 Å². The third kappa shape index (κ3) is 6.30. The molecule has 1 aromatic carbocycles. The van der Waals surface area contributed by atoms with Crippen LogP contribution < -0.4 is 5.32 Å². The average molecular weight is 354 g/mol. The first-order chi connectivity index (χ1) is 11.7. The fraction of sp³-hybridized carbons (Fsp3) is 0.611. The van der Waals surface area contributed by atoms with Crippen LogP contribution in [0.15, 0.2) is 29.3 Å². The van der Waals surface area contributed by atoms with Crippen LogP contribution in [0.25, 0.3) is 0 Å². The fourth-order valence-electron chi connectivity index (χ4n) is 2.63. The van der Waals surface area contributed by atoms with Crippen LogP contribution in [0, 0.1) is 0 Å². The Morgan fingerprint density at radius 2 is 2.29 bits per heavy atom. The molecule has 2 rings (SSSR count). The molecule has 6 heteroatoms. The minimum absolute atomic E-state index is 0.269. The summed E-state index contributed by atoms with van der Waals surface area (Å²) in [6, 6.07) is 7.88. The van der Waals surface area contributed by atoms with Gasteiger partial charge in [0.2, 0.25) is 0 Å². The molecule has 0 spiro atoms. The van der Waals surface area contributed by atoms with E-state index in [1.54, 1.807) is 0 Å². The molecule has 1 aromatic rings. The Kier molecular flexibility index (Phi) is 8.36. The summed E-state index contributed by atoms with van der Waals surface area (Å²) in [7, 11) is 2.01. The maximum atomic E-state index is 6.24. The lowest BCUT2D eigenvalue weighted by molar-refractivity contribution is 0.0199. The van der Waals surface area contributed by atoms with Gasteiger partial charge in [-0.15, -0.1) is 0 Å². The maximum Gasteiger partial charge on any atom is 0.194 e. The van der Waals surface area contributed by atoms with Crippen molar-refractivity contribution in [1.29, 1.82) is 0 Å². The van der Waals surface area contributed by atoms with Crippen LogP contribution in [-0.2, 0) is 16.0 Å². The molecule has 0 aromatic heterocycles. The zero-order valence-corrected chi connectivity index (χ0v) is 15.4. The minimum atomic E-state index is 0.269. The third-order valence-corrected chi connectivity index (χ3v) is 4.26. The van der Waals surface area contributed by atoms with Gasteiger partial charge >= 0.3 is 0 Å². The second-order valence-corrected chi connectivity index (χ2v) is 6.30. The number of halogens is 1. The van der Waals surface area contributed by atoms with Gasteiger partial charge in [-0.2, -0.15) is 0 Å². The van der Waals surface area contributed by atoms with Crippen LogP contribution in [0.4, 0.5) is 0 Å². The van der Waals surface area contributed by atoms with E-state index < -0.39 is 0 Å². The quantitative estimate of drug-likeness (QED) is 0.443. The largest absolute Gasteiger partial charge is 0.377 e. The van der Waals surface area contributed by atoms with Crippen molar-refractivity contribution >= 4 is 17.6 Å². The lowest BCUT2D eigenvalue weighted by Gasteiger charge is -2.22. The molecule has 1 fully saturated rings. The van der Waals surface area contributed by atoms with Gasteiger partial charge in [-0.05, 0) is 31.4 Å². The zero-order valence-electron chi connectivity index (χ0n) is 14.6. The van der Waals surface area contributed by atoms with Crippen LogP contribution in [0.2, 0.25) is 5.02 Å². The van der Waals surface area contributed by atoms with E-state index in [9.17, 15) is 0 Å². The number of aliphatic imine (C=N–C) groups is 1. The Bertz CT molecular complexity index is 519. The Hall–Kier alpha value is -1.30.